The fraction of sp³-hybridized carbons (Fsp3) is 0.625. The van der Waals surface area contributed by atoms with E-state index < -0.39 is 0 Å². The number of nitrogens with zero attached hydrogens (tertiary/aromatic N) is 4. The average molecular weight is 211 g/mol. The standard InChI is InChI=1S/C8H13N5S/c1-2-3-13-7(4-10-8(13)9)6-5-14-12-11-6/h5,7H,2-4H2,1H3,(H2,9,10). The third-order valence-electron chi connectivity index (χ3n) is 2.28. The van der Waals surface area contributed by atoms with Crippen molar-refractivity contribution in [1.82, 2.24) is 14.5 Å². The van der Waals surface area contributed by atoms with Gasteiger partial charge in [-0.15, -0.1) is 5.10 Å². The Morgan fingerprint density at radius 2 is 2.57 bits per heavy atom. The molecule has 1 aromatic rings. The molecule has 0 saturated heterocycles. The van der Waals surface area contributed by atoms with Crippen LogP contribution in [0.2, 0.25) is 0 Å². The molecule has 0 radical (unpaired) electrons. The molecule has 1 unspecified atom stereocenters. The lowest BCUT2D eigenvalue weighted by Gasteiger charge is -2.23. The van der Waals surface area contributed by atoms with E-state index in [0.29, 0.717) is 12.5 Å². The summed E-state index contributed by atoms with van der Waals surface area (Å²) >= 11 is 1.37. The van der Waals surface area contributed by atoms with Crippen LogP contribution in [0.1, 0.15) is 25.1 Å². The Kier molecular flexibility index (Phi) is 2.62. The van der Waals surface area contributed by atoms with Gasteiger partial charge < -0.3 is 10.6 Å². The molecule has 2 N–H and O–H groups in total. The first-order valence-corrected chi connectivity index (χ1v) is 5.50. The smallest absolute Gasteiger partial charge is 0.191 e. The molecule has 6 heteroatoms. The Morgan fingerprint density at radius 1 is 1.71 bits per heavy atom. The van der Waals surface area contributed by atoms with Crippen molar-refractivity contribution in [3.63, 3.8) is 0 Å². The van der Waals surface area contributed by atoms with Gasteiger partial charge in [-0.3, -0.25) is 4.99 Å². The first-order chi connectivity index (χ1) is 6.83. The minimum absolute atomic E-state index is 0.202. The summed E-state index contributed by atoms with van der Waals surface area (Å²) in [5.41, 5.74) is 6.77. The molecule has 76 valence electrons. The molecule has 0 spiro atoms. The zero-order valence-electron chi connectivity index (χ0n) is 8.05. The van der Waals surface area contributed by atoms with E-state index in [-0.39, 0.29) is 6.04 Å². The molecule has 0 bridgehead atoms. The number of hydrogen-bond donors (Lipinski definition) is 1. The van der Waals surface area contributed by atoms with Gasteiger partial charge in [0.2, 0.25) is 0 Å². The molecule has 0 fully saturated rings. The Balaban J connectivity index is 2.14. The van der Waals surface area contributed by atoms with Gasteiger partial charge in [-0.1, -0.05) is 11.4 Å². The number of hydrogen-bond acceptors (Lipinski definition) is 6. The first-order valence-electron chi connectivity index (χ1n) is 4.66. The number of nitrogens with two attached hydrogens (primary N) is 1. The molecule has 0 aliphatic carbocycles. The van der Waals surface area contributed by atoms with Crippen molar-refractivity contribution in [2.75, 3.05) is 13.1 Å². The summed E-state index contributed by atoms with van der Waals surface area (Å²) in [5.74, 6) is 0.629. The highest BCUT2D eigenvalue weighted by Gasteiger charge is 2.28. The van der Waals surface area contributed by atoms with Gasteiger partial charge in [-0.25, -0.2) is 0 Å². The maximum absolute atomic E-state index is 5.79. The van der Waals surface area contributed by atoms with Crippen LogP contribution in [0.25, 0.3) is 0 Å². The van der Waals surface area contributed by atoms with Crippen molar-refractivity contribution in [3.05, 3.63) is 11.1 Å². The second-order valence-corrected chi connectivity index (χ2v) is 3.85. The highest BCUT2D eigenvalue weighted by Crippen LogP contribution is 2.24. The highest BCUT2D eigenvalue weighted by molar-refractivity contribution is 7.03. The van der Waals surface area contributed by atoms with E-state index in [1.54, 1.807) is 0 Å². The average Bonchev–Trinajstić information content (AvgIpc) is 2.77. The summed E-state index contributed by atoms with van der Waals surface area (Å²) < 4.78 is 3.86. The molecule has 14 heavy (non-hydrogen) atoms. The largest absolute Gasteiger partial charge is 0.370 e. The minimum atomic E-state index is 0.202. The van der Waals surface area contributed by atoms with Crippen LogP contribution in [0, 0.1) is 0 Å². The summed E-state index contributed by atoms with van der Waals surface area (Å²) in [4.78, 5) is 6.32. The van der Waals surface area contributed by atoms with Crippen LogP contribution in [0.3, 0.4) is 0 Å². The quantitative estimate of drug-likeness (QED) is 0.796. The lowest BCUT2D eigenvalue weighted by molar-refractivity contribution is 0.341. The van der Waals surface area contributed by atoms with Gasteiger partial charge in [0.1, 0.15) is 0 Å². The van der Waals surface area contributed by atoms with Gasteiger partial charge in [0.15, 0.2) is 5.96 Å². The molecule has 1 aliphatic heterocycles. The minimum Gasteiger partial charge on any atom is -0.370 e. The third kappa shape index (κ3) is 1.57. The van der Waals surface area contributed by atoms with E-state index in [1.165, 1.54) is 11.5 Å². The van der Waals surface area contributed by atoms with E-state index in [0.717, 1.165) is 18.7 Å². The molecule has 2 heterocycles. The molecular formula is C8H13N5S. The maximum Gasteiger partial charge on any atom is 0.191 e. The molecule has 2 rings (SSSR count). The van der Waals surface area contributed by atoms with E-state index in [1.807, 2.05) is 5.38 Å². The Labute approximate surface area is 86.8 Å². The van der Waals surface area contributed by atoms with Crippen LogP contribution in [-0.2, 0) is 0 Å². The van der Waals surface area contributed by atoms with Gasteiger partial charge in [-0.2, -0.15) is 0 Å². The summed E-state index contributed by atoms with van der Waals surface area (Å²) in [6.45, 7) is 3.76. The molecular weight excluding hydrogens is 198 g/mol. The SMILES string of the molecule is CCCN1C(N)=NCC1c1csnn1. The lowest BCUT2D eigenvalue weighted by atomic mass is 10.2. The van der Waals surface area contributed by atoms with Crippen LogP contribution >= 0.6 is 11.5 Å². The number of aliphatic imine (C=N–C) groups is 1. The monoisotopic (exact) mass is 211 g/mol. The van der Waals surface area contributed by atoms with Crippen molar-refractivity contribution in [3.8, 4) is 0 Å². The molecule has 1 aliphatic rings. The lowest BCUT2D eigenvalue weighted by Crippen LogP contribution is -2.36. The predicted octanol–water partition coefficient (Wildman–Crippen LogP) is 0.619. The van der Waals surface area contributed by atoms with Crippen molar-refractivity contribution in [1.29, 1.82) is 0 Å². The van der Waals surface area contributed by atoms with E-state index >= 15 is 0 Å². The summed E-state index contributed by atoms with van der Waals surface area (Å²) in [7, 11) is 0. The van der Waals surface area contributed by atoms with Crippen molar-refractivity contribution in [2.24, 2.45) is 10.7 Å². The van der Waals surface area contributed by atoms with E-state index in [2.05, 4.69) is 26.4 Å². The van der Waals surface area contributed by atoms with Crippen molar-refractivity contribution in [2.45, 2.75) is 19.4 Å². The normalized spacial score (nSPS) is 21.4. The molecule has 1 aromatic heterocycles. The highest BCUT2D eigenvalue weighted by atomic mass is 32.1. The van der Waals surface area contributed by atoms with Crippen LogP contribution in [0.4, 0.5) is 0 Å². The van der Waals surface area contributed by atoms with Crippen molar-refractivity contribution >= 4 is 17.5 Å². The number of guanidine groups is 1. The predicted molar refractivity (Wildman–Crippen MR) is 56.1 cm³/mol. The van der Waals surface area contributed by atoms with Crippen LogP contribution < -0.4 is 5.73 Å². The summed E-state index contributed by atoms with van der Waals surface area (Å²) in [6, 6.07) is 0.202. The van der Waals surface area contributed by atoms with Crippen LogP contribution in [-0.4, -0.2) is 33.5 Å². The number of rotatable bonds is 3. The van der Waals surface area contributed by atoms with Gasteiger partial charge >= 0.3 is 0 Å². The fourth-order valence-corrected chi connectivity index (χ4v) is 2.11. The molecule has 1 atom stereocenters. The van der Waals surface area contributed by atoms with Crippen LogP contribution in [0.15, 0.2) is 10.4 Å². The molecule has 0 saturated carbocycles. The maximum atomic E-state index is 5.79. The van der Waals surface area contributed by atoms with Gasteiger partial charge in [0.25, 0.3) is 0 Å². The zero-order chi connectivity index (χ0) is 9.97. The zero-order valence-corrected chi connectivity index (χ0v) is 8.87. The van der Waals surface area contributed by atoms with E-state index in [9.17, 15) is 0 Å². The second-order valence-electron chi connectivity index (χ2n) is 3.24. The fourth-order valence-electron chi connectivity index (χ4n) is 1.61. The van der Waals surface area contributed by atoms with Crippen molar-refractivity contribution < 1.29 is 0 Å². The Bertz CT molecular complexity index is 320. The molecule has 0 amide bonds. The first kappa shape index (κ1) is 9.39. The van der Waals surface area contributed by atoms with Gasteiger partial charge in [-0.05, 0) is 18.0 Å². The summed E-state index contributed by atoms with van der Waals surface area (Å²) in [5, 5.41) is 6.02. The van der Waals surface area contributed by atoms with Crippen LogP contribution in [0.5, 0.6) is 0 Å². The van der Waals surface area contributed by atoms with Gasteiger partial charge in [0.05, 0.1) is 18.3 Å². The topological polar surface area (TPSA) is 67.4 Å². The molecule has 5 nitrogen and oxygen atoms in total. The summed E-state index contributed by atoms with van der Waals surface area (Å²) in [6.07, 6.45) is 1.06. The van der Waals surface area contributed by atoms with E-state index in [4.69, 9.17) is 5.73 Å². The third-order valence-corrected chi connectivity index (χ3v) is 2.80. The Morgan fingerprint density at radius 3 is 3.21 bits per heavy atom. The Hall–Kier alpha value is -1.17. The molecule has 0 aromatic carbocycles. The second kappa shape index (κ2) is 3.91. The number of aromatic nitrogens is 2. The van der Waals surface area contributed by atoms with Gasteiger partial charge in [0, 0.05) is 11.9 Å².